The molecule has 0 bridgehead atoms. The molecule has 2 aliphatic rings. The Labute approximate surface area is 209 Å². The molecule has 0 saturated carbocycles. The number of nitrogens with zero attached hydrogens (tertiary/aromatic N) is 5. The zero-order valence-electron chi connectivity index (χ0n) is 20.5. The van der Waals surface area contributed by atoms with Gasteiger partial charge in [0.15, 0.2) is 17.4 Å². The van der Waals surface area contributed by atoms with Crippen molar-refractivity contribution in [2.75, 3.05) is 24.5 Å². The molecule has 1 saturated heterocycles. The summed E-state index contributed by atoms with van der Waals surface area (Å²) >= 11 is 0. The van der Waals surface area contributed by atoms with E-state index in [-0.39, 0.29) is 17.8 Å². The standard InChI is InChI=1S/C27H29F2N5O2/c1-3-19-5-4-6-23(30-19)26-27(32-22-11-14-34(17(2)35)16-24(22)31-26)33-12-9-20(10-13-33)36-25-8-7-18(28)15-21(25)29/h4-8,15,20H,3,9-14,16H2,1-2H3. The molecular weight excluding hydrogens is 464 g/mol. The lowest BCUT2D eigenvalue weighted by molar-refractivity contribution is -0.129. The number of benzene rings is 1. The van der Waals surface area contributed by atoms with Gasteiger partial charge in [0, 0.05) is 57.6 Å². The van der Waals surface area contributed by atoms with E-state index in [1.165, 1.54) is 12.1 Å². The topological polar surface area (TPSA) is 71.5 Å². The van der Waals surface area contributed by atoms with E-state index in [0.717, 1.165) is 41.1 Å². The van der Waals surface area contributed by atoms with Crippen molar-refractivity contribution < 1.29 is 18.3 Å². The van der Waals surface area contributed by atoms with Gasteiger partial charge in [0.25, 0.3) is 0 Å². The number of piperidine rings is 1. The van der Waals surface area contributed by atoms with Crippen molar-refractivity contribution >= 4 is 11.7 Å². The average molecular weight is 494 g/mol. The highest BCUT2D eigenvalue weighted by molar-refractivity contribution is 5.74. The van der Waals surface area contributed by atoms with Crippen molar-refractivity contribution in [3.8, 4) is 17.1 Å². The zero-order chi connectivity index (χ0) is 25.2. The van der Waals surface area contributed by atoms with Gasteiger partial charge < -0.3 is 14.5 Å². The number of anilines is 1. The zero-order valence-corrected chi connectivity index (χ0v) is 20.5. The molecule has 5 rings (SSSR count). The maximum Gasteiger partial charge on any atom is 0.219 e. The summed E-state index contributed by atoms with van der Waals surface area (Å²) in [4.78, 5) is 30.8. The predicted octanol–water partition coefficient (Wildman–Crippen LogP) is 4.33. The van der Waals surface area contributed by atoms with Gasteiger partial charge in [-0.05, 0) is 30.7 Å². The third kappa shape index (κ3) is 5.01. The van der Waals surface area contributed by atoms with Crippen molar-refractivity contribution in [2.24, 2.45) is 0 Å². The Hall–Kier alpha value is -3.62. The minimum Gasteiger partial charge on any atom is -0.487 e. The summed E-state index contributed by atoms with van der Waals surface area (Å²) in [5.41, 5.74) is 4.15. The number of halogens is 2. The maximum atomic E-state index is 14.1. The van der Waals surface area contributed by atoms with Crippen LogP contribution in [0, 0.1) is 11.6 Å². The smallest absolute Gasteiger partial charge is 0.219 e. The van der Waals surface area contributed by atoms with Crippen LogP contribution in [0.3, 0.4) is 0 Å². The van der Waals surface area contributed by atoms with Gasteiger partial charge in [-0.15, -0.1) is 0 Å². The molecule has 0 N–H and O–H groups in total. The van der Waals surface area contributed by atoms with Gasteiger partial charge >= 0.3 is 0 Å². The molecule has 36 heavy (non-hydrogen) atoms. The van der Waals surface area contributed by atoms with Crippen molar-refractivity contribution in [3.05, 3.63) is 65.1 Å². The molecule has 0 radical (unpaired) electrons. The van der Waals surface area contributed by atoms with Crippen LogP contribution >= 0.6 is 0 Å². The van der Waals surface area contributed by atoms with Crippen molar-refractivity contribution in [1.82, 2.24) is 19.9 Å². The van der Waals surface area contributed by atoms with E-state index in [0.29, 0.717) is 51.1 Å². The van der Waals surface area contributed by atoms with Crippen LogP contribution in [-0.2, 0) is 24.2 Å². The number of carbonyl (C=O) groups excluding carboxylic acids is 1. The third-order valence-electron chi connectivity index (χ3n) is 6.78. The molecule has 1 amide bonds. The molecule has 2 aromatic heterocycles. The summed E-state index contributed by atoms with van der Waals surface area (Å²) in [6, 6.07) is 9.28. The van der Waals surface area contributed by atoms with E-state index < -0.39 is 11.6 Å². The Morgan fingerprint density at radius 2 is 1.86 bits per heavy atom. The molecule has 0 spiro atoms. The Balaban J connectivity index is 1.41. The number of hydrogen-bond acceptors (Lipinski definition) is 6. The molecule has 1 aromatic carbocycles. The lowest BCUT2D eigenvalue weighted by Gasteiger charge is -2.35. The Kier molecular flexibility index (Phi) is 6.80. The van der Waals surface area contributed by atoms with Crippen molar-refractivity contribution in [2.45, 2.75) is 52.2 Å². The summed E-state index contributed by atoms with van der Waals surface area (Å²) < 4.78 is 33.1. The van der Waals surface area contributed by atoms with E-state index in [4.69, 9.17) is 19.7 Å². The summed E-state index contributed by atoms with van der Waals surface area (Å²) in [5, 5.41) is 0. The molecule has 0 aliphatic carbocycles. The Morgan fingerprint density at radius 3 is 2.58 bits per heavy atom. The molecule has 188 valence electrons. The second-order valence-corrected chi connectivity index (χ2v) is 9.23. The van der Waals surface area contributed by atoms with E-state index in [9.17, 15) is 13.6 Å². The highest BCUT2D eigenvalue weighted by Crippen LogP contribution is 2.32. The molecule has 7 nitrogen and oxygen atoms in total. The first-order valence-electron chi connectivity index (χ1n) is 12.4. The normalized spacial score (nSPS) is 16.1. The summed E-state index contributed by atoms with van der Waals surface area (Å²) in [6.07, 6.45) is 2.61. The molecule has 2 aliphatic heterocycles. The second-order valence-electron chi connectivity index (χ2n) is 9.23. The third-order valence-corrected chi connectivity index (χ3v) is 6.78. The summed E-state index contributed by atoms with van der Waals surface area (Å²) in [7, 11) is 0. The van der Waals surface area contributed by atoms with Gasteiger partial charge in [0.1, 0.15) is 17.6 Å². The van der Waals surface area contributed by atoms with E-state index >= 15 is 0 Å². The fraction of sp³-hybridized carbons (Fsp3) is 0.407. The predicted molar refractivity (Wildman–Crippen MR) is 132 cm³/mol. The highest BCUT2D eigenvalue weighted by atomic mass is 19.1. The van der Waals surface area contributed by atoms with Crippen LogP contribution in [0.15, 0.2) is 36.4 Å². The lowest BCUT2D eigenvalue weighted by atomic mass is 10.1. The number of aromatic nitrogens is 3. The van der Waals surface area contributed by atoms with Crippen LogP contribution in [0.1, 0.15) is 43.8 Å². The number of ether oxygens (including phenoxy) is 1. The molecule has 1 fully saturated rings. The Bertz CT molecular complexity index is 1280. The second kappa shape index (κ2) is 10.2. The van der Waals surface area contributed by atoms with Gasteiger partial charge in [-0.2, -0.15) is 0 Å². The van der Waals surface area contributed by atoms with Crippen LogP contribution in [-0.4, -0.2) is 51.5 Å². The van der Waals surface area contributed by atoms with Gasteiger partial charge in [0.05, 0.1) is 23.6 Å². The van der Waals surface area contributed by atoms with Crippen LogP contribution < -0.4 is 9.64 Å². The fourth-order valence-electron chi connectivity index (χ4n) is 4.73. The molecular formula is C27H29F2N5O2. The molecule has 0 atom stereocenters. The van der Waals surface area contributed by atoms with Crippen LogP contribution in [0.25, 0.3) is 11.4 Å². The minimum atomic E-state index is -0.693. The highest BCUT2D eigenvalue weighted by Gasteiger charge is 2.29. The minimum absolute atomic E-state index is 0.0267. The average Bonchev–Trinajstić information content (AvgIpc) is 2.89. The Morgan fingerprint density at radius 1 is 1.06 bits per heavy atom. The van der Waals surface area contributed by atoms with E-state index in [1.54, 1.807) is 11.8 Å². The SMILES string of the molecule is CCc1cccc(-c2nc3c(nc2N2CCC(Oc4ccc(F)cc4F)CC2)CCN(C(C)=O)C3)n1. The number of amides is 1. The van der Waals surface area contributed by atoms with Crippen molar-refractivity contribution in [1.29, 1.82) is 0 Å². The first-order valence-corrected chi connectivity index (χ1v) is 12.4. The van der Waals surface area contributed by atoms with Crippen LogP contribution in [0.2, 0.25) is 0 Å². The van der Waals surface area contributed by atoms with Crippen molar-refractivity contribution in [3.63, 3.8) is 0 Å². The largest absolute Gasteiger partial charge is 0.487 e. The summed E-state index contributed by atoms with van der Waals surface area (Å²) in [5.74, 6) is -0.446. The molecule has 4 heterocycles. The van der Waals surface area contributed by atoms with Gasteiger partial charge in [-0.3, -0.25) is 9.78 Å². The number of carbonyl (C=O) groups is 1. The number of pyridine rings is 1. The fourth-order valence-corrected chi connectivity index (χ4v) is 4.73. The van der Waals surface area contributed by atoms with E-state index in [1.807, 2.05) is 18.2 Å². The number of aryl methyl sites for hydroxylation is 1. The van der Waals surface area contributed by atoms with Crippen LogP contribution in [0.5, 0.6) is 5.75 Å². The number of rotatable bonds is 5. The van der Waals surface area contributed by atoms with Crippen LogP contribution in [0.4, 0.5) is 14.6 Å². The molecule has 9 heteroatoms. The number of fused-ring (bicyclic) bond motifs is 1. The van der Waals surface area contributed by atoms with E-state index in [2.05, 4.69) is 11.8 Å². The first-order chi connectivity index (χ1) is 17.4. The monoisotopic (exact) mass is 493 g/mol. The molecule has 3 aromatic rings. The molecule has 0 unspecified atom stereocenters. The summed E-state index contributed by atoms with van der Waals surface area (Å²) in [6.45, 7) is 6.01. The first kappa shape index (κ1) is 24.1. The lowest BCUT2D eigenvalue weighted by Crippen LogP contribution is -2.40. The number of hydrogen-bond donors (Lipinski definition) is 0. The van der Waals surface area contributed by atoms with Gasteiger partial charge in [0.2, 0.25) is 5.91 Å². The van der Waals surface area contributed by atoms with Gasteiger partial charge in [-0.1, -0.05) is 13.0 Å². The quantitative estimate of drug-likeness (QED) is 0.527. The van der Waals surface area contributed by atoms with Gasteiger partial charge in [-0.25, -0.2) is 18.7 Å². The maximum absolute atomic E-state index is 14.1.